The van der Waals surface area contributed by atoms with E-state index in [1.807, 2.05) is 6.92 Å². The molecule has 108 valence electrons. The van der Waals surface area contributed by atoms with E-state index in [0.717, 1.165) is 11.8 Å². The van der Waals surface area contributed by atoms with Crippen molar-refractivity contribution in [3.8, 4) is 0 Å². The Bertz CT molecular complexity index is 539. The Kier molecular flexibility index (Phi) is 3.23. The van der Waals surface area contributed by atoms with Crippen molar-refractivity contribution in [1.82, 2.24) is 5.32 Å². The average Bonchev–Trinajstić information content (AvgIpc) is 3.14. The lowest BCUT2D eigenvalue weighted by atomic mass is 9.84. The maximum atomic E-state index is 12.0. The molecule has 6 heteroatoms. The van der Waals surface area contributed by atoms with Gasteiger partial charge in [0.2, 0.25) is 0 Å². The number of fused-ring (bicyclic) bond motifs is 2. The highest BCUT2D eigenvalue weighted by Gasteiger charge is 2.42. The lowest BCUT2D eigenvalue weighted by Crippen LogP contribution is -2.39. The largest absolute Gasteiger partial charge is 0.433 e. The minimum Gasteiger partial charge on any atom is -0.395 e. The first-order chi connectivity index (χ1) is 9.54. The van der Waals surface area contributed by atoms with Crippen molar-refractivity contribution in [2.24, 2.45) is 17.8 Å². The molecule has 0 saturated heterocycles. The van der Waals surface area contributed by atoms with Gasteiger partial charge in [0.05, 0.1) is 6.07 Å². The van der Waals surface area contributed by atoms with Gasteiger partial charge in [0.1, 0.15) is 4.92 Å². The zero-order chi connectivity index (χ0) is 14.3. The van der Waals surface area contributed by atoms with Crippen LogP contribution in [0.4, 0.5) is 5.88 Å². The fraction of sp³-hybridized carbons (Fsp3) is 0.643. The van der Waals surface area contributed by atoms with Gasteiger partial charge in [-0.25, -0.2) is 0 Å². The summed E-state index contributed by atoms with van der Waals surface area (Å²) in [7, 11) is 0. The average molecular weight is 278 g/mol. The number of carbonyl (C=O) groups is 1. The Hall–Kier alpha value is -1.85. The van der Waals surface area contributed by atoms with Crippen LogP contribution in [0.25, 0.3) is 0 Å². The molecule has 2 saturated carbocycles. The predicted molar refractivity (Wildman–Crippen MR) is 71.2 cm³/mol. The van der Waals surface area contributed by atoms with E-state index in [2.05, 4.69) is 5.32 Å². The summed E-state index contributed by atoms with van der Waals surface area (Å²) < 4.78 is 4.92. The van der Waals surface area contributed by atoms with Gasteiger partial charge in [0.25, 0.3) is 5.91 Å². The number of furan rings is 1. The first kappa shape index (κ1) is 13.1. The van der Waals surface area contributed by atoms with Crippen LogP contribution in [0.3, 0.4) is 0 Å². The maximum absolute atomic E-state index is 12.0. The minimum atomic E-state index is -0.643. The molecule has 6 nitrogen and oxygen atoms in total. The van der Waals surface area contributed by atoms with Crippen molar-refractivity contribution in [2.45, 2.75) is 38.6 Å². The lowest BCUT2D eigenvalue weighted by Gasteiger charge is -2.28. The fourth-order valence-corrected chi connectivity index (χ4v) is 3.84. The van der Waals surface area contributed by atoms with E-state index in [1.165, 1.54) is 37.8 Å². The quantitative estimate of drug-likeness (QED) is 0.677. The van der Waals surface area contributed by atoms with E-state index >= 15 is 0 Å². The Morgan fingerprint density at radius 2 is 2.25 bits per heavy atom. The molecular formula is C14H18N2O4. The zero-order valence-electron chi connectivity index (χ0n) is 11.4. The van der Waals surface area contributed by atoms with E-state index in [4.69, 9.17) is 4.42 Å². The molecule has 20 heavy (non-hydrogen) atoms. The number of nitro groups is 1. The molecular weight excluding hydrogens is 260 g/mol. The third kappa shape index (κ3) is 2.30. The Morgan fingerprint density at radius 3 is 2.80 bits per heavy atom. The first-order valence-electron chi connectivity index (χ1n) is 7.09. The summed E-state index contributed by atoms with van der Waals surface area (Å²) in [4.78, 5) is 21.9. The Morgan fingerprint density at radius 1 is 1.45 bits per heavy atom. The smallest absolute Gasteiger partial charge is 0.395 e. The number of nitrogens with one attached hydrogen (secondary N) is 1. The second-order valence-corrected chi connectivity index (χ2v) is 6.00. The normalized spacial score (nSPS) is 29.4. The summed E-state index contributed by atoms with van der Waals surface area (Å²) in [5, 5.41) is 13.5. The number of rotatable bonds is 4. The Balaban J connectivity index is 1.62. The van der Waals surface area contributed by atoms with E-state index in [9.17, 15) is 14.9 Å². The lowest BCUT2D eigenvalue weighted by molar-refractivity contribution is -0.402. The van der Waals surface area contributed by atoms with Gasteiger partial charge in [-0.15, -0.1) is 0 Å². The van der Waals surface area contributed by atoms with Crippen LogP contribution in [-0.4, -0.2) is 16.9 Å². The predicted octanol–water partition coefficient (Wildman–Crippen LogP) is 2.74. The molecule has 2 aliphatic rings. The van der Waals surface area contributed by atoms with Crippen LogP contribution in [0.5, 0.6) is 0 Å². The number of amides is 1. The maximum Gasteiger partial charge on any atom is 0.433 e. The van der Waals surface area contributed by atoms with Gasteiger partial charge in [-0.3, -0.25) is 14.9 Å². The van der Waals surface area contributed by atoms with E-state index in [0.29, 0.717) is 5.92 Å². The number of hydrogen-bond donors (Lipinski definition) is 1. The van der Waals surface area contributed by atoms with Crippen LogP contribution in [0.15, 0.2) is 16.5 Å². The van der Waals surface area contributed by atoms with Gasteiger partial charge < -0.3 is 9.73 Å². The summed E-state index contributed by atoms with van der Waals surface area (Å²) in [6.45, 7) is 2.01. The van der Waals surface area contributed by atoms with Gasteiger partial charge in [0.15, 0.2) is 5.76 Å². The van der Waals surface area contributed by atoms with Gasteiger partial charge in [-0.05, 0) is 50.0 Å². The number of nitrogens with zero attached hydrogens (tertiary/aromatic N) is 1. The number of carbonyl (C=O) groups excluding carboxylic acids is 1. The molecule has 0 aromatic carbocycles. The highest BCUT2D eigenvalue weighted by Crippen LogP contribution is 2.49. The highest BCUT2D eigenvalue weighted by atomic mass is 16.6. The van der Waals surface area contributed by atoms with E-state index in [1.54, 1.807) is 0 Å². The molecule has 1 aromatic heterocycles. The van der Waals surface area contributed by atoms with Gasteiger partial charge >= 0.3 is 5.88 Å². The van der Waals surface area contributed by atoms with E-state index < -0.39 is 10.8 Å². The molecule has 0 radical (unpaired) electrons. The molecule has 0 spiro atoms. The first-order valence-corrected chi connectivity index (χ1v) is 7.09. The van der Waals surface area contributed by atoms with Crippen molar-refractivity contribution in [1.29, 1.82) is 0 Å². The van der Waals surface area contributed by atoms with Crippen LogP contribution in [0, 0.1) is 27.9 Å². The number of hydrogen-bond acceptors (Lipinski definition) is 4. The van der Waals surface area contributed by atoms with Crippen molar-refractivity contribution in [3.63, 3.8) is 0 Å². The van der Waals surface area contributed by atoms with Crippen molar-refractivity contribution < 1.29 is 14.1 Å². The molecule has 2 fully saturated rings. The molecule has 1 N–H and O–H groups in total. The molecule has 2 aliphatic carbocycles. The van der Waals surface area contributed by atoms with Crippen LogP contribution in [0.1, 0.15) is 43.2 Å². The topological polar surface area (TPSA) is 85.4 Å². The third-order valence-electron chi connectivity index (χ3n) is 4.79. The van der Waals surface area contributed by atoms with Gasteiger partial charge in [-0.1, -0.05) is 6.42 Å². The monoisotopic (exact) mass is 278 g/mol. The second kappa shape index (κ2) is 4.92. The summed E-state index contributed by atoms with van der Waals surface area (Å²) in [6, 6.07) is 2.64. The molecule has 0 unspecified atom stereocenters. The SMILES string of the molecule is C[C@H](NC(=O)c1ccc([N+](=O)[O-])o1)[C@H]1C[C@@H]2CC[C@H]1C2. The molecule has 2 bridgehead atoms. The van der Waals surface area contributed by atoms with Crippen molar-refractivity contribution in [2.75, 3.05) is 0 Å². The molecule has 0 aliphatic heterocycles. The Labute approximate surface area is 116 Å². The summed E-state index contributed by atoms with van der Waals surface area (Å²) >= 11 is 0. The summed E-state index contributed by atoms with van der Waals surface area (Å²) in [6.07, 6.45) is 5.06. The molecule has 1 amide bonds. The standard InChI is InChI=1S/C14H18N2O4/c1-8(11-7-9-2-3-10(11)6-9)15-14(17)12-4-5-13(20-12)16(18)19/h4-5,8-11H,2-3,6-7H2,1H3,(H,15,17)/t8-,9+,10-,11+/m0/s1. The van der Waals surface area contributed by atoms with Crippen LogP contribution in [-0.2, 0) is 0 Å². The molecule has 1 aromatic rings. The van der Waals surface area contributed by atoms with Crippen molar-refractivity contribution in [3.05, 3.63) is 28.0 Å². The zero-order valence-corrected chi connectivity index (χ0v) is 11.4. The summed E-state index contributed by atoms with van der Waals surface area (Å²) in [5.41, 5.74) is 0. The van der Waals surface area contributed by atoms with Gasteiger partial charge in [0, 0.05) is 6.04 Å². The van der Waals surface area contributed by atoms with Crippen LogP contribution >= 0.6 is 0 Å². The highest BCUT2D eigenvalue weighted by molar-refractivity contribution is 5.91. The minimum absolute atomic E-state index is 0.00621. The van der Waals surface area contributed by atoms with Crippen LogP contribution in [0.2, 0.25) is 0 Å². The summed E-state index contributed by atoms with van der Waals surface area (Å²) in [5.74, 6) is 1.32. The third-order valence-corrected chi connectivity index (χ3v) is 4.79. The van der Waals surface area contributed by atoms with Gasteiger partial charge in [-0.2, -0.15) is 0 Å². The molecule has 4 atom stereocenters. The van der Waals surface area contributed by atoms with Crippen molar-refractivity contribution >= 4 is 11.8 Å². The molecule has 3 rings (SSSR count). The molecule has 1 heterocycles. The fourth-order valence-electron chi connectivity index (χ4n) is 3.84. The van der Waals surface area contributed by atoms with E-state index in [-0.39, 0.29) is 17.7 Å². The second-order valence-electron chi connectivity index (χ2n) is 6.00. The van der Waals surface area contributed by atoms with Crippen LogP contribution < -0.4 is 5.32 Å².